The van der Waals surface area contributed by atoms with Crippen LogP contribution in [0.1, 0.15) is 36.0 Å². The number of carbonyl (C=O) groups excluding carboxylic acids is 1. The molecule has 1 aromatic heterocycles. The van der Waals surface area contributed by atoms with Crippen molar-refractivity contribution in [3.8, 4) is 5.75 Å². The Hall–Kier alpha value is -1.36. The van der Waals surface area contributed by atoms with E-state index in [2.05, 4.69) is 5.10 Å². The van der Waals surface area contributed by atoms with Gasteiger partial charge in [0.2, 0.25) is 0 Å². The molecule has 76 valence electrons. The molecule has 5 nitrogen and oxygen atoms in total. The van der Waals surface area contributed by atoms with E-state index in [1.807, 2.05) is 0 Å². The number of hydrogen-bond donors (Lipinski definition) is 1. The highest BCUT2D eigenvalue weighted by molar-refractivity contribution is 5.75. The van der Waals surface area contributed by atoms with E-state index in [1.165, 1.54) is 10.9 Å². The van der Waals surface area contributed by atoms with E-state index in [-0.39, 0.29) is 17.7 Å². The predicted octanol–water partition coefficient (Wildman–Crippen LogP) is 1.10. The lowest BCUT2D eigenvalue weighted by Gasteiger charge is -2.22. The third kappa shape index (κ3) is 1.63. The van der Waals surface area contributed by atoms with Crippen molar-refractivity contribution in [1.82, 2.24) is 9.78 Å². The van der Waals surface area contributed by atoms with Crippen molar-refractivity contribution < 1.29 is 14.6 Å². The van der Waals surface area contributed by atoms with Gasteiger partial charge < -0.3 is 9.84 Å². The van der Waals surface area contributed by atoms with Gasteiger partial charge in [-0.3, -0.25) is 4.79 Å². The second kappa shape index (κ2) is 3.79. The molecule has 14 heavy (non-hydrogen) atoms. The van der Waals surface area contributed by atoms with Gasteiger partial charge in [-0.05, 0) is 19.3 Å². The van der Waals surface area contributed by atoms with E-state index in [9.17, 15) is 9.90 Å². The SMILES string of the molecule is O=Cc1nn(C2CCCCO2)cc1O. The van der Waals surface area contributed by atoms with E-state index in [1.54, 1.807) is 0 Å². The number of aromatic hydroxyl groups is 1. The summed E-state index contributed by atoms with van der Waals surface area (Å²) in [5, 5.41) is 13.2. The molecule has 0 aromatic carbocycles. The highest BCUT2D eigenvalue weighted by Crippen LogP contribution is 2.24. The summed E-state index contributed by atoms with van der Waals surface area (Å²) in [7, 11) is 0. The highest BCUT2D eigenvalue weighted by Gasteiger charge is 2.18. The molecule has 1 atom stereocenters. The van der Waals surface area contributed by atoms with Crippen LogP contribution in [0.25, 0.3) is 0 Å². The second-order valence-electron chi connectivity index (χ2n) is 3.32. The fourth-order valence-electron chi connectivity index (χ4n) is 1.56. The Balaban J connectivity index is 2.18. The number of aldehydes is 1. The van der Waals surface area contributed by atoms with Crippen LogP contribution in [0.5, 0.6) is 5.75 Å². The first-order valence-corrected chi connectivity index (χ1v) is 4.66. The molecule has 1 aliphatic heterocycles. The van der Waals surface area contributed by atoms with Crippen LogP contribution < -0.4 is 0 Å². The number of ether oxygens (including phenoxy) is 1. The van der Waals surface area contributed by atoms with Crippen molar-refractivity contribution in [3.05, 3.63) is 11.9 Å². The summed E-state index contributed by atoms with van der Waals surface area (Å²) >= 11 is 0. The van der Waals surface area contributed by atoms with Crippen molar-refractivity contribution in [2.45, 2.75) is 25.5 Å². The largest absolute Gasteiger partial charge is 0.504 e. The number of hydrogen-bond acceptors (Lipinski definition) is 4. The number of nitrogens with zero attached hydrogens (tertiary/aromatic N) is 2. The maximum atomic E-state index is 10.4. The van der Waals surface area contributed by atoms with Crippen LogP contribution in [-0.4, -0.2) is 27.8 Å². The monoisotopic (exact) mass is 196 g/mol. The molecule has 0 aliphatic carbocycles. The molecule has 0 bridgehead atoms. The van der Waals surface area contributed by atoms with Crippen LogP contribution in [0, 0.1) is 0 Å². The van der Waals surface area contributed by atoms with Gasteiger partial charge in [0.1, 0.15) is 6.23 Å². The lowest BCUT2D eigenvalue weighted by molar-refractivity contribution is -0.0396. The molecule has 1 aromatic rings. The smallest absolute Gasteiger partial charge is 0.174 e. The van der Waals surface area contributed by atoms with Crippen LogP contribution in [0.15, 0.2) is 6.20 Å². The first-order chi connectivity index (χ1) is 6.81. The predicted molar refractivity (Wildman–Crippen MR) is 48.1 cm³/mol. The highest BCUT2D eigenvalue weighted by atomic mass is 16.5. The summed E-state index contributed by atoms with van der Waals surface area (Å²) in [6.45, 7) is 0.710. The molecular weight excluding hydrogens is 184 g/mol. The first kappa shape index (κ1) is 9.21. The average molecular weight is 196 g/mol. The van der Waals surface area contributed by atoms with E-state index < -0.39 is 0 Å². The molecule has 0 radical (unpaired) electrons. The lowest BCUT2D eigenvalue weighted by Crippen LogP contribution is -2.18. The first-order valence-electron chi connectivity index (χ1n) is 4.66. The molecule has 0 amide bonds. The van der Waals surface area contributed by atoms with Crippen LogP contribution in [0.2, 0.25) is 0 Å². The molecule has 2 rings (SSSR count). The fraction of sp³-hybridized carbons (Fsp3) is 0.556. The van der Waals surface area contributed by atoms with Gasteiger partial charge in [-0.15, -0.1) is 0 Å². The zero-order valence-corrected chi connectivity index (χ0v) is 7.72. The Morgan fingerprint density at radius 1 is 1.64 bits per heavy atom. The Labute approximate surface area is 81.3 Å². The number of aromatic nitrogens is 2. The van der Waals surface area contributed by atoms with E-state index in [4.69, 9.17) is 4.74 Å². The Bertz CT molecular complexity index is 329. The average Bonchev–Trinajstić information content (AvgIpc) is 2.61. The third-order valence-corrected chi connectivity index (χ3v) is 2.30. The van der Waals surface area contributed by atoms with Crippen LogP contribution in [-0.2, 0) is 4.74 Å². The van der Waals surface area contributed by atoms with Gasteiger partial charge in [0.05, 0.1) is 6.20 Å². The minimum atomic E-state index is -0.136. The summed E-state index contributed by atoms with van der Waals surface area (Å²) in [5.41, 5.74) is 0.0687. The van der Waals surface area contributed by atoms with Gasteiger partial charge in [0, 0.05) is 6.61 Å². The summed E-state index contributed by atoms with van der Waals surface area (Å²) < 4.78 is 6.96. The lowest BCUT2D eigenvalue weighted by atomic mass is 10.2. The van der Waals surface area contributed by atoms with Gasteiger partial charge in [-0.2, -0.15) is 5.10 Å². The Morgan fingerprint density at radius 2 is 2.50 bits per heavy atom. The van der Waals surface area contributed by atoms with Crippen molar-refractivity contribution in [1.29, 1.82) is 0 Å². The minimum Gasteiger partial charge on any atom is -0.504 e. The van der Waals surface area contributed by atoms with Gasteiger partial charge in [0.25, 0.3) is 0 Å². The quantitative estimate of drug-likeness (QED) is 0.719. The van der Waals surface area contributed by atoms with Gasteiger partial charge >= 0.3 is 0 Å². The zero-order valence-electron chi connectivity index (χ0n) is 7.72. The number of carbonyl (C=O) groups is 1. The fourth-order valence-corrected chi connectivity index (χ4v) is 1.56. The van der Waals surface area contributed by atoms with E-state index in [0.29, 0.717) is 12.9 Å². The topological polar surface area (TPSA) is 64.4 Å². The zero-order chi connectivity index (χ0) is 9.97. The molecule has 1 saturated heterocycles. The van der Waals surface area contributed by atoms with E-state index in [0.717, 1.165) is 19.3 Å². The molecule has 5 heteroatoms. The Morgan fingerprint density at radius 3 is 3.07 bits per heavy atom. The maximum Gasteiger partial charge on any atom is 0.174 e. The van der Waals surface area contributed by atoms with Crippen molar-refractivity contribution in [3.63, 3.8) is 0 Å². The molecule has 1 unspecified atom stereocenters. The molecular formula is C9H12N2O3. The maximum absolute atomic E-state index is 10.4. The summed E-state index contributed by atoms with van der Waals surface area (Å²) in [6.07, 6.45) is 4.85. The summed E-state index contributed by atoms with van der Waals surface area (Å²) in [4.78, 5) is 10.4. The normalized spacial score (nSPS) is 22.1. The number of rotatable bonds is 2. The molecule has 0 spiro atoms. The van der Waals surface area contributed by atoms with E-state index >= 15 is 0 Å². The van der Waals surface area contributed by atoms with Crippen LogP contribution >= 0.6 is 0 Å². The molecule has 0 saturated carbocycles. The summed E-state index contributed by atoms with van der Waals surface area (Å²) in [5.74, 6) is -0.0887. The minimum absolute atomic E-state index is 0.0687. The molecule has 1 N–H and O–H groups in total. The Kier molecular flexibility index (Phi) is 2.49. The van der Waals surface area contributed by atoms with Crippen molar-refractivity contribution >= 4 is 6.29 Å². The molecule has 2 heterocycles. The summed E-state index contributed by atoms with van der Waals surface area (Å²) in [6, 6.07) is 0. The third-order valence-electron chi connectivity index (χ3n) is 2.30. The molecule has 1 fully saturated rings. The van der Waals surface area contributed by atoms with Crippen molar-refractivity contribution in [2.24, 2.45) is 0 Å². The van der Waals surface area contributed by atoms with Gasteiger partial charge in [0.15, 0.2) is 17.7 Å². The van der Waals surface area contributed by atoms with Gasteiger partial charge in [-0.1, -0.05) is 0 Å². The second-order valence-corrected chi connectivity index (χ2v) is 3.32. The van der Waals surface area contributed by atoms with Crippen LogP contribution in [0.4, 0.5) is 0 Å². The van der Waals surface area contributed by atoms with Crippen molar-refractivity contribution in [2.75, 3.05) is 6.61 Å². The standard InChI is InChI=1S/C9H12N2O3/c12-6-7-8(13)5-11(10-7)9-3-1-2-4-14-9/h5-6,9,13H,1-4H2. The van der Waals surface area contributed by atoms with Crippen LogP contribution in [0.3, 0.4) is 0 Å². The van der Waals surface area contributed by atoms with Gasteiger partial charge in [-0.25, -0.2) is 4.68 Å². The molecule has 1 aliphatic rings.